The molecule has 2 aromatic rings. The quantitative estimate of drug-likeness (QED) is 0.685. The zero-order valence-corrected chi connectivity index (χ0v) is 15.0. The van der Waals surface area contributed by atoms with Gasteiger partial charge in [-0.05, 0) is 12.1 Å². The molecule has 27 heavy (non-hydrogen) atoms. The van der Waals surface area contributed by atoms with Crippen LogP contribution in [0.5, 0.6) is 11.5 Å². The molecule has 0 saturated heterocycles. The maximum Gasteiger partial charge on any atom is 0.309 e. The second kappa shape index (κ2) is 8.09. The molecule has 0 radical (unpaired) electrons. The standard InChI is InChI=1S/C20H22N2O5/c1-26-16-8-4-2-6-14(16)12-21-18(23)19(24)22-13-20(25)10-11-27-17-9-5-3-7-15(17)20/h2-9,25H,10-13H2,1H3,(H,21,23)(H,22,24). The molecule has 7 heteroatoms. The number of nitrogens with one attached hydrogen (secondary N) is 2. The fourth-order valence-corrected chi connectivity index (χ4v) is 3.04. The Bertz CT molecular complexity index is 839. The number of carbonyl (C=O) groups is 2. The third-order valence-electron chi connectivity index (χ3n) is 4.54. The van der Waals surface area contributed by atoms with E-state index in [9.17, 15) is 14.7 Å². The van der Waals surface area contributed by atoms with Crippen LogP contribution in [0, 0.1) is 0 Å². The second-order valence-electron chi connectivity index (χ2n) is 6.30. The van der Waals surface area contributed by atoms with E-state index in [0.717, 1.165) is 5.56 Å². The number of rotatable bonds is 5. The molecule has 3 rings (SSSR count). The molecular weight excluding hydrogens is 348 g/mol. The van der Waals surface area contributed by atoms with Gasteiger partial charge in [0.25, 0.3) is 0 Å². The first-order chi connectivity index (χ1) is 13.0. The predicted octanol–water partition coefficient (Wildman–Crippen LogP) is 1.10. The average molecular weight is 370 g/mol. The maximum absolute atomic E-state index is 12.1. The van der Waals surface area contributed by atoms with Gasteiger partial charge in [-0.15, -0.1) is 0 Å². The van der Waals surface area contributed by atoms with Gasteiger partial charge >= 0.3 is 11.8 Å². The molecule has 0 bridgehead atoms. The zero-order chi connectivity index (χ0) is 19.3. The lowest BCUT2D eigenvalue weighted by atomic mass is 9.88. The summed E-state index contributed by atoms with van der Waals surface area (Å²) in [5, 5.41) is 16.0. The number of hydrogen-bond acceptors (Lipinski definition) is 5. The van der Waals surface area contributed by atoms with E-state index in [0.29, 0.717) is 30.1 Å². The van der Waals surface area contributed by atoms with Gasteiger partial charge in [-0.25, -0.2) is 0 Å². The lowest BCUT2D eigenvalue weighted by molar-refractivity contribution is -0.140. The van der Waals surface area contributed by atoms with Crippen LogP contribution in [-0.4, -0.2) is 37.2 Å². The minimum atomic E-state index is -1.27. The maximum atomic E-state index is 12.1. The minimum Gasteiger partial charge on any atom is -0.496 e. The topological polar surface area (TPSA) is 96.9 Å². The molecule has 142 valence electrons. The summed E-state index contributed by atoms with van der Waals surface area (Å²) in [6, 6.07) is 14.3. The van der Waals surface area contributed by atoms with Crippen LogP contribution in [0.3, 0.4) is 0 Å². The smallest absolute Gasteiger partial charge is 0.309 e. The van der Waals surface area contributed by atoms with Crippen LogP contribution < -0.4 is 20.1 Å². The highest BCUT2D eigenvalue weighted by Gasteiger charge is 2.36. The van der Waals surface area contributed by atoms with Gasteiger partial charge in [0.1, 0.15) is 17.1 Å². The Morgan fingerprint density at radius 1 is 1.11 bits per heavy atom. The number of methoxy groups -OCH3 is 1. The van der Waals surface area contributed by atoms with Crippen molar-refractivity contribution >= 4 is 11.8 Å². The number of amides is 2. The van der Waals surface area contributed by atoms with E-state index in [1.165, 1.54) is 0 Å². The van der Waals surface area contributed by atoms with Gasteiger partial charge in [0.15, 0.2) is 0 Å². The van der Waals surface area contributed by atoms with Gasteiger partial charge < -0.3 is 25.2 Å². The third-order valence-corrected chi connectivity index (χ3v) is 4.54. The van der Waals surface area contributed by atoms with Crippen LogP contribution >= 0.6 is 0 Å². The number of para-hydroxylation sites is 2. The van der Waals surface area contributed by atoms with Gasteiger partial charge in [-0.2, -0.15) is 0 Å². The summed E-state index contributed by atoms with van der Waals surface area (Å²) in [6.07, 6.45) is 0.327. The molecule has 1 unspecified atom stereocenters. The first kappa shape index (κ1) is 18.7. The molecular formula is C20H22N2O5. The lowest BCUT2D eigenvalue weighted by Gasteiger charge is -2.34. The average Bonchev–Trinajstić information content (AvgIpc) is 2.71. The van der Waals surface area contributed by atoms with Crippen LogP contribution in [0.1, 0.15) is 17.5 Å². The molecule has 1 aliphatic heterocycles. The number of hydrogen-bond donors (Lipinski definition) is 3. The Labute approximate surface area is 157 Å². The van der Waals surface area contributed by atoms with E-state index in [-0.39, 0.29) is 13.1 Å². The van der Waals surface area contributed by atoms with Crippen molar-refractivity contribution in [3.63, 3.8) is 0 Å². The van der Waals surface area contributed by atoms with E-state index in [1.807, 2.05) is 18.2 Å². The number of carbonyl (C=O) groups excluding carboxylic acids is 2. The highest BCUT2D eigenvalue weighted by Crippen LogP contribution is 2.36. The number of aliphatic hydroxyl groups is 1. The van der Waals surface area contributed by atoms with Crippen molar-refractivity contribution in [3.8, 4) is 11.5 Å². The molecule has 0 saturated carbocycles. The normalized spacial score (nSPS) is 18.0. The first-order valence-corrected chi connectivity index (χ1v) is 8.66. The van der Waals surface area contributed by atoms with Crippen molar-refractivity contribution in [3.05, 3.63) is 59.7 Å². The fourth-order valence-electron chi connectivity index (χ4n) is 3.04. The van der Waals surface area contributed by atoms with Crippen molar-refractivity contribution in [1.29, 1.82) is 0 Å². The molecule has 0 spiro atoms. The molecule has 7 nitrogen and oxygen atoms in total. The van der Waals surface area contributed by atoms with Crippen molar-refractivity contribution in [1.82, 2.24) is 10.6 Å². The van der Waals surface area contributed by atoms with Crippen LogP contribution in [0.15, 0.2) is 48.5 Å². The third kappa shape index (κ3) is 4.20. The summed E-state index contributed by atoms with van der Waals surface area (Å²) in [4.78, 5) is 24.2. The summed E-state index contributed by atoms with van der Waals surface area (Å²) < 4.78 is 10.7. The van der Waals surface area contributed by atoms with Gasteiger partial charge in [0, 0.05) is 24.1 Å². The van der Waals surface area contributed by atoms with Crippen LogP contribution in [-0.2, 0) is 21.7 Å². The van der Waals surface area contributed by atoms with Crippen LogP contribution in [0.4, 0.5) is 0 Å². The summed E-state index contributed by atoms with van der Waals surface area (Å²) in [7, 11) is 1.54. The van der Waals surface area contributed by atoms with E-state index >= 15 is 0 Å². The number of ether oxygens (including phenoxy) is 2. The van der Waals surface area contributed by atoms with Gasteiger partial charge in [0.2, 0.25) is 0 Å². The Balaban J connectivity index is 1.57. The van der Waals surface area contributed by atoms with Gasteiger partial charge in [-0.3, -0.25) is 9.59 Å². The molecule has 1 atom stereocenters. The van der Waals surface area contributed by atoms with Crippen molar-refractivity contribution in [2.24, 2.45) is 0 Å². The van der Waals surface area contributed by atoms with Crippen LogP contribution in [0.25, 0.3) is 0 Å². The Hall–Kier alpha value is -3.06. The summed E-state index contributed by atoms with van der Waals surface area (Å²) in [5.41, 5.74) is 0.0945. The molecule has 3 N–H and O–H groups in total. The number of fused-ring (bicyclic) bond motifs is 1. The predicted molar refractivity (Wildman–Crippen MR) is 98.3 cm³/mol. The summed E-state index contributed by atoms with van der Waals surface area (Å²) in [5.74, 6) is -0.361. The highest BCUT2D eigenvalue weighted by molar-refractivity contribution is 6.35. The molecule has 1 aliphatic rings. The first-order valence-electron chi connectivity index (χ1n) is 8.66. The molecule has 2 amide bonds. The van der Waals surface area contributed by atoms with Crippen LogP contribution in [0.2, 0.25) is 0 Å². The second-order valence-corrected chi connectivity index (χ2v) is 6.30. The van der Waals surface area contributed by atoms with Gasteiger partial charge in [0.05, 0.1) is 20.3 Å². The van der Waals surface area contributed by atoms with Crippen molar-refractivity contribution in [2.45, 2.75) is 18.6 Å². The number of benzene rings is 2. The largest absolute Gasteiger partial charge is 0.496 e. The molecule has 0 fully saturated rings. The molecule has 1 heterocycles. The molecule has 2 aromatic carbocycles. The molecule has 0 aromatic heterocycles. The van der Waals surface area contributed by atoms with Crippen molar-refractivity contribution < 1.29 is 24.2 Å². The Morgan fingerprint density at radius 2 is 1.81 bits per heavy atom. The zero-order valence-electron chi connectivity index (χ0n) is 15.0. The van der Waals surface area contributed by atoms with E-state index < -0.39 is 17.4 Å². The Kier molecular flexibility index (Phi) is 5.61. The van der Waals surface area contributed by atoms with Crippen molar-refractivity contribution in [2.75, 3.05) is 20.3 Å². The van der Waals surface area contributed by atoms with Gasteiger partial charge in [-0.1, -0.05) is 36.4 Å². The monoisotopic (exact) mass is 370 g/mol. The molecule has 0 aliphatic carbocycles. The Morgan fingerprint density at radius 3 is 2.63 bits per heavy atom. The fraction of sp³-hybridized carbons (Fsp3) is 0.300. The van der Waals surface area contributed by atoms with E-state index in [2.05, 4.69) is 10.6 Å². The minimum absolute atomic E-state index is 0.0751. The van der Waals surface area contributed by atoms with E-state index in [1.54, 1.807) is 37.4 Å². The van der Waals surface area contributed by atoms with E-state index in [4.69, 9.17) is 9.47 Å². The SMILES string of the molecule is COc1ccccc1CNC(=O)C(=O)NCC1(O)CCOc2ccccc21. The lowest BCUT2D eigenvalue weighted by Crippen LogP contribution is -2.47. The summed E-state index contributed by atoms with van der Waals surface area (Å²) in [6.45, 7) is 0.425. The highest BCUT2D eigenvalue weighted by atomic mass is 16.5. The summed E-state index contributed by atoms with van der Waals surface area (Å²) >= 11 is 0.